The van der Waals surface area contributed by atoms with E-state index < -0.39 is 0 Å². The molecule has 108 valence electrons. The number of phenols is 1. The maximum absolute atomic E-state index is 9.66. The predicted octanol–water partition coefficient (Wildman–Crippen LogP) is 3.52. The van der Waals surface area contributed by atoms with Crippen LogP contribution in [-0.4, -0.2) is 11.7 Å². The molecule has 2 aromatic carbocycles. The Morgan fingerprint density at radius 2 is 2.00 bits per heavy atom. The van der Waals surface area contributed by atoms with Gasteiger partial charge in [0.25, 0.3) is 0 Å². The van der Waals surface area contributed by atoms with Crippen molar-refractivity contribution >= 4 is 5.69 Å². The molecule has 2 aromatic rings. The number of aromatic hydroxyl groups is 1. The predicted molar refractivity (Wildman–Crippen MR) is 82.5 cm³/mol. The molecule has 0 fully saturated rings. The minimum atomic E-state index is 0.0488. The number of nitrogens with zero attached hydrogens (tertiary/aromatic N) is 1. The van der Waals surface area contributed by atoms with Gasteiger partial charge in [-0.2, -0.15) is 5.26 Å². The SMILES string of the molecule is Cc1cc(NCc2cccc(OCC#N)c2)c(C)cc1O. The van der Waals surface area contributed by atoms with Crippen LogP contribution in [0.1, 0.15) is 16.7 Å². The van der Waals surface area contributed by atoms with Crippen molar-refractivity contribution in [2.45, 2.75) is 20.4 Å². The second-order valence-corrected chi connectivity index (χ2v) is 4.90. The molecule has 0 saturated heterocycles. The Labute approximate surface area is 124 Å². The van der Waals surface area contributed by atoms with E-state index in [9.17, 15) is 5.11 Å². The summed E-state index contributed by atoms with van der Waals surface area (Å²) in [6.07, 6.45) is 0. The fraction of sp³-hybridized carbons (Fsp3) is 0.235. The van der Waals surface area contributed by atoms with Crippen LogP contribution in [0.5, 0.6) is 11.5 Å². The molecule has 4 heteroatoms. The Morgan fingerprint density at radius 3 is 2.76 bits per heavy atom. The zero-order valence-corrected chi connectivity index (χ0v) is 12.2. The maximum Gasteiger partial charge on any atom is 0.174 e. The number of phenolic OH excluding ortho intramolecular Hbond substituents is 1. The van der Waals surface area contributed by atoms with E-state index in [1.807, 2.05) is 50.2 Å². The largest absolute Gasteiger partial charge is 0.508 e. The zero-order chi connectivity index (χ0) is 15.2. The summed E-state index contributed by atoms with van der Waals surface area (Å²) in [6.45, 7) is 4.52. The Bertz CT molecular complexity index is 675. The normalized spacial score (nSPS) is 9.95. The van der Waals surface area contributed by atoms with Gasteiger partial charge in [-0.3, -0.25) is 0 Å². The van der Waals surface area contributed by atoms with Gasteiger partial charge in [0.05, 0.1) is 0 Å². The third-order valence-electron chi connectivity index (χ3n) is 3.23. The summed E-state index contributed by atoms with van der Waals surface area (Å²) < 4.78 is 5.28. The van der Waals surface area contributed by atoms with Crippen LogP contribution in [0.3, 0.4) is 0 Å². The Balaban J connectivity index is 2.06. The number of nitrogens with one attached hydrogen (secondary N) is 1. The van der Waals surface area contributed by atoms with Crippen molar-refractivity contribution in [3.05, 3.63) is 53.1 Å². The number of benzene rings is 2. The highest BCUT2D eigenvalue weighted by atomic mass is 16.5. The number of nitriles is 1. The fourth-order valence-electron chi connectivity index (χ4n) is 2.05. The Hall–Kier alpha value is -2.67. The van der Waals surface area contributed by atoms with Gasteiger partial charge in [-0.1, -0.05) is 12.1 Å². The monoisotopic (exact) mass is 282 g/mol. The summed E-state index contributed by atoms with van der Waals surface area (Å²) in [7, 11) is 0. The topological polar surface area (TPSA) is 65.3 Å². The van der Waals surface area contributed by atoms with Gasteiger partial charge < -0.3 is 15.2 Å². The lowest BCUT2D eigenvalue weighted by molar-refractivity contribution is 0.368. The van der Waals surface area contributed by atoms with Crippen molar-refractivity contribution in [3.8, 4) is 17.6 Å². The summed E-state index contributed by atoms with van der Waals surface area (Å²) in [5, 5.41) is 21.5. The first kappa shape index (κ1) is 14.7. The molecule has 0 aromatic heterocycles. The first-order valence-electron chi connectivity index (χ1n) is 6.73. The summed E-state index contributed by atoms with van der Waals surface area (Å²) >= 11 is 0. The van der Waals surface area contributed by atoms with Crippen LogP contribution >= 0.6 is 0 Å². The van der Waals surface area contributed by atoms with E-state index in [1.165, 1.54) is 0 Å². The lowest BCUT2D eigenvalue weighted by Crippen LogP contribution is -2.02. The van der Waals surface area contributed by atoms with Gasteiger partial charge in [0.1, 0.15) is 17.6 Å². The van der Waals surface area contributed by atoms with Crippen molar-refractivity contribution in [2.24, 2.45) is 0 Å². The van der Waals surface area contributed by atoms with Crippen LogP contribution in [0, 0.1) is 25.2 Å². The smallest absolute Gasteiger partial charge is 0.174 e. The van der Waals surface area contributed by atoms with Gasteiger partial charge >= 0.3 is 0 Å². The zero-order valence-electron chi connectivity index (χ0n) is 12.2. The molecule has 0 heterocycles. The molecule has 0 radical (unpaired) electrons. The van der Waals surface area contributed by atoms with Gasteiger partial charge in [0.15, 0.2) is 6.61 Å². The van der Waals surface area contributed by atoms with Crippen LogP contribution in [0.15, 0.2) is 36.4 Å². The number of anilines is 1. The molecule has 4 nitrogen and oxygen atoms in total. The third kappa shape index (κ3) is 3.90. The van der Waals surface area contributed by atoms with Crippen molar-refractivity contribution in [1.82, 2.24) is 0 Å². The van der Waals surface area contributed by atoms with Crippen LogP contribution in [0.4, 0.5) is 5.69 Å². The second-order valence-electron chi connectivity index (χ2n) is 4.90. The number of rotatable bonds is 5. The lowest BCUT2D eigenvalue weighted by Gasteiger charge is -2.12. The molecule has 0 aliphatic carbocycles. The quantitative estimate of drug-likeness (QED) is 0.823. The van der Waals surface area contributed by atoms with Crippen LogP contribution in [-0.2, 0) is 6.54 Å². The average molecular weight is 282 g/mol. The van der Waals surface area contributed by atoms with Crippen molar-refractivity contribution < 1.29 is 9.84 Å². The number of hydrogen-bond acceptors (Lipinski definition) is 4. The van der Waals surface area contributed by atoms with Gasteiger partial charge in [0, 0.05) is 12.2 Å². The first-order valence-corrected chi connectivity index (χ1v) is 6.73. The molecule has 21 heavy (non-hydrogen) atoms. The number of aryl methyl sites for hydroxylation is 2. The summed E-state index contributed by atoms with van der Waals surface area (Å²) in [4.78, 5) is 0. The molecule has 2 rings (SSSR count). The van der Waals surface area contributed by atoms with E-state index in [2.05, 4.69) is 5.32 Å². The second kappa shape index (κ2) is 6.67. The fourth-order valence-corrected chi connectivity index (χ4v) is 2.05. The molecule has 0 amide bonds. The summed E-state index contributed by atoms with van der Waals surface area (Å²) in [5.41, 5.74) is 3.90. The van der Waals surface area contributed by atoms with E-state index in [0.717, 1.165) is 22.4 Å². The Kier molecular flexibility index (Phi) is 4.68. The van der Waals surface area contributed by atoms with Crippen LogP contribution < -0.4 is 10.1 Å². The Morgan fingerprint density at radius 1 is 1.19 bits per heavy atom. The molecule has 0 bridgehead atoms. The van der Waals surface area contributed by atoms with E-state index in [1.54, 1.807) is 6.07 Å². The molecular weight excluding hydrogens is 264 g/mol. The molecule has 0 aliphatic rings. The van der Waals surface area contributed by atoms with E-state index >= 15 is 0 Å². The molecule has 0 atom stereocenters. The van der Waals surface area contributed by atoms with E-state index in [0.29, 0.717) is 18.0 Å². The molecule has 0 spiro atoms. The third-order valence-corrected chi connectivity index (χ3v) is 3.23. The summed E-state index contributed by atoms with van der Waals surface area (Å²) in [6, 6.07) is 13.3. The lowest BCUT2D eigenvalue weighted by atomic mass is 10.1. The first-order chi connectivity index (χ1) is 10.1. The van der Waals surface area contributed by atoms with Crippen molar-refractivity contribution in [1.29, 1.82) is 5.26 Å². The molecular formula is C17H18N2O2. The van der Waals surface area contributed by atoms with Crippen LogP contribution in [0.2, 0.25) is 0 Å². The highest BCUT2D eigenvalue weighted by Crippen LogP contribution is 2.25. The van der Waals surface area contributed by atoms with Gasteiger partial charge in [-0.25, -0.2) is 0 Å². The summed E-state index contributed by atoms with van der Waals surface area (Å²) in [5.74, 6) is 0.999. The standard InChI is InChI=1S/C17H18N2O2/c1-12-9-17(20)13(2)8-16(12)19-11-14-4-3-5-15(10-14)21-7-6-18/h3-5,8-10,19-20H,7,11H2,1-2H3. The van der Waals surface area contributed by atoms with Crippen molar-refractivity contribution in [2.75, 3.05) is 11.9 Å². The van der Waals surface area contributed by atoms with Gasteiger partial charge in [0.2, 0.25) is 0 Å². The highest BCUT2D eigenvalue weighted by Gasteiger charge is 2.04. The molecule has 0 saturated carbocycles. The molecule has 0 unspecified atom stereocenters. The molecule has 0 aliphatic heterocycles. The molecule has 2 N–H and O–H groups in total. The van der Waals surface area contributed by atoms with E-state index in [4.69, 9.17) is 10.00 Å². The highest BCUT2D eigenvalue weighted by molar-refractivity contribution is 5.56. The number of hydrogen-bond donors (Lipinski definition) is 2. The average Bonchev–Trinajstić information content (AvgIpc) is 2.48. The minimum absolute atomic E-state index is 0.0488. The maximum atomic E-state index is 9.66. The van der Waals surface area contributed by atoms with Gasteiger partial charge in [-0.05, 0) is 54.8 Å². The minimum Gasteiger partial charge on any atom is -0.508 e. The van der Waals surface area contributed by atoms with Gasteiger partial charge in [-0.15, -0.1) is 0 Å². The van der Waals surface area contributed by atoms with Crippen molar-refractivity contribution in [3.63, 3.8) is 0 Å². The van der Waals surface area contributed by atoms with E-state index in [-0.39, 0.29) is 6.61 Å². The number of ether oxygens (including phenoxy) is 1. The van der Waals surface area contributed by atoms with Crippen LogP contribution in [0.25, 0.3) is 0 Å².